The molecule has 2 aromatic rings. The number of nitrogens with two attached hydrogens (primary N) is 1. The smallest absolute Gasteiger partial charge is 0.242 e. The molecule has 1 fully saturated rings. The first-order chi connectivity index (χ1) is 12.9. The molecule has 3 N–H and O–H groups in total. The molecule has 6 heteroatoms. The number of nitrogens with zero attached hydrogens (tertiary/aromatic N) is 1. The van der Waals surface area contributed by atoms with Crippen molar-refractivity contribution in [3.05, 3.63) is 48.0 Å². The van der Waals surface area contributed by atoms with Gasteiger partial charge in [0.05, 0.1) is 18.6 Å². The monoisotopic (exact) mass is 403 g/mol. The van der Waals surface area contributed by atoms with Gasteiger partial charge in [-0.3, -0.25) is 9.59 Å². The highest BCUT2D eigenvalue weighted by molar-refractivity contribution is 5.88. The van der Waals surface area contributed by atoms with Crippen LogP contribution in [0, 0.1) is 5.92 Å². The second-order valence-electron chi connectivity index (χ2n) is 7.80. The topological polar surface area (TPSA) is 75.4 Å². The zero-order chi connectivity index (χ0) is 19.6. The van der Waals surface area contributed by atoms with Crippen molar-refractivity contribution in [1.29, 1.82) is 0 Å². The van der Waals surface area contributed by atoms with Crippen LogP contribution in [0.2, 0.25) is 0 Å². The Morgan fingerprint density at radius 1 is 1.11 bits per heavy atom. The summed E-state index contributed by atoms with van der Waals surface area (Å²) in [5, 5.41) is 5.06. The summed E-state index contributed by atoms with van der Waals surface area (Å²) < 4.78 is 0. The van der Waals surface area contributed by atoms with Crippen LogP contribution in [0.25, 0.3) is 10.8 Å². The van der Waals surface area contributed by atoms with Gasteiger partial charge in [0, 0.05) is 6.04 Å². The Morgan fingerprint density at radius 3 is 2.36 bits per heavy atom. The maximum absolute atomic E-state index is 12.9. The van der Waals surface area contributed by atoms with Gasteiger partial charge in [-0.2, -0.15) is 0 Å². The highest BCUT2D eigenvalue weighted by atomic mass is 35.5. The molecule has 1 aliphatic rings. The molecule has 1 aliphatic carbocycles. The number of amides is 2. The summed E-state index contributed by atoms with van der Waals surface area (Å²) in [5.74, 6) is -0.286. The number of benzene rings is 2. The summed E-state index contributed by atoms with van der Waals surface area (Å²) in [4.78, 5) is 26.9. The molecular formula is C22H30ClN3O2. The SMILES string of the molecule is CC(C)[C@H](N)C(=O)NCC(=O)N(C1CC1)C(C)c1ccc2ccccc2c1.Cl. The van der Waals surface area contributed by atoms with Gasteiger partial charge >= 0.3 is 0 Å². The molecule has 0 aromatic heterocycles. The van der Waals surface area contributed by atoms with E-state index >= 15 is 0 Å². The summed E-state index contributed by atoms with van der Waals surface area (Å²) in [6, 6.07) is 14.2. The molecule has 2 aromatic carbocycles. The van der Waals surface area contributed by atoms with Crippen molar-refractivity contribution in [2.45, 2.75) is 51.7 Å². The Hall–Kier alpha value is -2.11. The van der Waals surface area contributed by atoms with Crippen LogP contribution in [0.5, 0.6) is 0 Å². The van der Waals surface area contributed by atoms with Crippen molar-refractivity contribution in [2.75, 3.05) is 6.54 Å². The first-order valence-corrected chi connectivity index (χ1v) is 9.71. The number of rotatable bonds is 7. The molecule has 0 spiro atoms. The third kappa shape index (κ3) is 5.03. The van der Waals surface area contributed by atoms with Gasteiger partial charge in [-0.1, -0.05) is 50.2 Å². The fourth-order valence-electron chi connectivity index (χ4n) is 3.39. The molecule has 0 saturated heterocycles. The molecule has 5 nitrogen and oxygen atoms in total. The van der Waals surface area contributed by atoms with Crippen LogP contribution in [-0.4, -0.2) is 35.3 Å². The molecule has 28 heavy (non-hydrogen) atoms. The average Bonchev–Trinajstić information content (AvgIpc) is 3.49. The Kier molecular flexibility index (Phi) is 7.44. The number of halogens is 1. The van der Waals surface area contributed by atoms with Crippen LogP contribution < -0.4 is 11.1 Å². The van der Waals surface area contributed by atoms with Crippen LogP contribution in [0.3, 0.4) is 0 Å². The number of carbonyl (C=O) groups is 2. The van der Waals surface area contributed by atoms with E-state index in [-0.39, 0.29) is 48.8 Å². The van der Waals surface area contributed by atoms with Crippen molar-refractivity contribution in [1.82, 2.24) is 10.2 Å². The zero-order valence-corrected chi connectivity index (χ0v) is 17.5. The first kappa shape index (κ1) is 22.2. The van der Waals surface area contributed by atoms with Gasteiger partial charge < -0.3 is 16.0 Å². The molecule has 2 atom stereocenters. The normalized spacial score (nSPS) is 15.6. The highest BCUT2D eigenvalue weighted by Gasteiger charge is 2.36. The quantitative estimate of drug-likeness (QED) is 0.743. The van der Waals surface area contributed by atoms with Gasteiger partial charge in [-0.25, -0.2) is 0 Å². The average molecular weight is 404 g/mol. The van der Waals surface area contributed by atoms with Gasteiger partial charge in [0.25, 0.3) is 0 Å². The molecular weight excluding hydrogens is 374 g/mol. The number of fused-ring (bicyclic) bond motifs is 1. The van der Waals surface area contributed by atoms with E-state index in [2.05, 4.69) is 42.6 Å². The molecule has 1 saturated carbocycles. The van der Waals surface area contributed by atoms with E-state index in [4.69, 9.17) is 5.73 Å². The van der Waals surface area contributed by atoms with Crippen molar-refractivity contribution >= 4 is 35.0 Å². The molecule has 152 valence electrons. The number of hydrogen-bond donors (Lipinski definition) is 2. The zero-order valence-electron chi connectivity index (χ0n) is 16.7. The summed E-state index contributed by atoms with van der Waals surface area (Å²) in [6.45, 7) is 5.84. The van der Waals surface area contributed by atoms with Gasteiger partial charge in [-0.15, -0.1) is 12.4 Å². The minimum atomic E-state index is -0.593. The van der Waals surface area contributed by atoms with E-state index in [0.29, 0.717) is 0 Å². The van der Waals surface area contributed by atoms with E-state index < -0.39 is 6.04 Å². The molecule has 0 bridgehead atoms. The predicted molar refractivity (Wildman–Crippen MR) is 115 cm³/mol. The third-order valence-corrected chi connectivity index (χ3v) is 5.34. The summed E-state index contributed by atoms with van der Waals surface area (Å²) in [7, 11) is 0. The van der Waals surface area contributed by atoms with Crippen molar-refractivity contribution in [2.24, 2.45) is 11.7 Å². The first-order valence-electron chi connectivity index (χ1n) is 9.71. The lowest BCUT2D eigenvalue weighted by Gasteiger charge is -2.30. The Labute approximate surface area is 173 Å². The minimum absolute atomic E-state index is 0. The largest absolute Gasteiger partial charge is 0.346 e. The maximum Gasteiger partial charge on any atom is 0.242 e. The Morgan fingerprint density at radius 2 is 1.75 bits per heavy atom. The third-order valence-electron chi connectivity index (χ3n) is 5.34. The van der Waals surface area contributed by atoms with E-state index in [0.717, 1.165) is 18.4 Å². The standard InChI is InChI=1S/C22H29N3O2.ClH/c1-14(2)21(23)22(27)24-13-20(26)25(19-10-11-19)15(3)17-9-8-16-6-4-5-7-18(16)12-17;/h4-9,12,14-15,19,21H,10-11,13,23H2,1-3H3,(H,24,27);1H/t15?,21-;/m0./s1. The molecule has 0 heterocycles. The molecule has 0 radical (unpaired) electrons. The van der Waals surface area contributed by atoms with Crippen molar-refractivity contribution in [3.63, 3.8) is 0 Å². The maximum atomic E-state index is 12.9. The molecule has 3 rings (SSSR count). The summed E-state index contributed by atoms with van der Waals surface area (Å²) >= 11 is 0. The van der Waals surface area contributed by atoms with E-state index in [1.807, 2.05) is 30.9 Å². The molecule has 1 unspecified atom stereocenters. The second kappa shape index (κ2) is 9.39. The van der Waals surface area contributed by atoms with E-state index in [1.54, 1.807) is 0 Å². The van der Waals surface area contributed by atoms with Gasteiger partial charge in [0.15, 0.2) is 0 Å². The molecule has 2 amide bonds. The fourth-order valence-corrected chi connectivity index (χ4v) is 3.39. The predicted octanol–water partition coefficient (Wildman–Crippen LogP) is 3.41. The van der Waals surface area contributed by atoms with Crippen LogP contribution in [0.15, 0.2) is 42.5 Å². The lowest BCUT2D eigenvalue weighted by atomic mass is 10.0. The summed E-state index contributed by atoms with van der Waals surface area (Å²) in [6.07, 6.45) is 2.03. The number of carbonyl (C=O) groups excluding carboxylic acids is 2. The van der Waals surface area contributed by atoms with Crippen molar-refractivity contribution < 1.29 is 9.59 Å². The highest BCUT2D eigenvalue weighted by Crippen LogP contribution is 2.35. The number of hydrogen-bond acceptors (Lipinski definition) is 3. The van der Waals surface area contributed by atoms with E-state index in [9.17, 15) is 9.59 Å². The minimum Gasteiger partial charge on any atom is -0.346 e. The van der Waals surface area contributed by atoms with Gasteiger partial charge in [0.2, 0.25) is 11.8 Å². The van der Waals surface area contributed by atoms with Gasteiger partial charge in [-0.05, 0) is 48.1 Å². The lowest BCUT2D eigenvalue weighted by Crippen LogP contribution is -2.48. The fraction of sp³-hybridized carbons (Fsp3) is 0.455. The molecule has 0 aliphatic heterocycles. The van der Waals surface area contributed by atoms with Crippen LogP contribution in [-0.2, 0) is 9.59 Å². The van der Waals surface area contributed by atoms with Crippen LogP contribution >= 0.6 is 12.4 Å². The van der Waals surface area contributed by atoms with Crippen molar-refractivity contribution in [3.8, 4) is 0 Å². The van der Waals surface area contributed by atoms with Crippen LogP contribution in [0.1, 0.15) is 45.2 Å². The lowest BCUT2D eigenvalue weighted by molar-refractivity contribution is -0.135. The second-order valence-corrected chi connectivity index (χ2v) is 7.80. The van der Waals surface area contributed by atoms with Gasteiger partial charge in [0.1, 0.15) is 0 Å². The Balaban J connectivity index is 0.00000280. The summed E-state index contributed by atoms with van der Waals surface area (Å²) in [5.41, 5.74) is 6.97. The van der Waals surface area contributed by atoms with E-state index in [1.165, 1.54) is 10.8 Å². The number of nitrogens with one attached hydrogen (secondary N) is 1. The Bertz CT molecular complexity index is 835. The van der Waals surface area contributed by atoms with Crippen LogP contribution in [0.4, 0.5) is 0 Å².